The Morgan fingerprint density at radius 3 is 2.18 bits per heavy atom. The van der Waals surface area contributed by atoms with Crippen LogP contribution in [-0.2, 0) is 29.2 Å². The standard InChI is InChI=1S/C32H37N5O7S/c1-4-19-16-32(19,31(40)36-45(42,43)21-13-14-21)33-29(38)26-15-20(17-37(26)30(39)27(34-41)18(2)3)44-35-28-24-11-7-5-9-22(24)23-10-6-8-12-25(23)28/h4-12,18-21,26-27,34,41H,1,13-17H2,2-3H3,(H,33,38)(H,36,40)/t19-,20-,26+,27-,32-/m1/s1. The lowest BCUT2D eigenvalue weighted by atomic mass is 10.0. The molecule has 0 unspecified atom stereocenters. The Morgan fingerprint density at radius 2 is 1.67 bits per heavy atom. The lowest BCUT2D eigenvalue weighted by Gasteiger charge is -2.30. The Kier molecular flexibility index (Phi) is 8.04. The molecule has 0 radical (unpaired) electrons. The number of benzene rings is 2. The summed E-state index contributed by atoms with van der Waals surface area (Å²) in [4.78, 5) is 48.1. The number of sulfonamides is 1. The van der Waals surface area contributed by atoms with Crippen LogP contribution in [0.25, 0.3) is 11.1 Å². The Morgan fingerprint density at radius 1 is 1.07 bits per heavy atom. The first-order chi connectivity index (χ1) is 21.5. The molecule has 1 saturated heterocycles. The fraction of sp³-hybridized carbons (Fsp3) is 0.438. The molecule has 3 aliphatic carbocycles. The number of amides is 3. The SMILES string of the molecule is C=C[C@@H]1C[C@]1(NC(=O)[C@@H]1C[C@@H](ON=C2c3ccccc3-c3ccccc32)CN1C(=O)[C@H](NO)C(C)C)C(=O)NS(=O)(=O)C1CC1. The van der Waals surface area contributed by atoms with Crippen molar-refractivity contribution in [2.24, 2.45) is 17.0 Å². The van der Waals surface area contributed by atoms with E-state index >= 15 is 0 Å². The van der Waals surface area contributed by atoms with Gasteiger partial charge in [-0.05, 0) is 36.3 Å². The topological polar surface area (TPSA) is 166 Å². The van der Waals surface area contributed by atoms with E-state index in [4.69, 9.17) is 4.84 Å². The minimum Gasteiger partial charge on any atom is -0.390 e. The third-order valence-corrected chi connectivity index (χ3v) is 10.9. The van der Waals surface area contributed by atoms with Gasteiger partial charge in [-0.3, -0.25) is 19.1 Å². The Balaban J connectivity index is 1.25. The molecule has 4 N–H and O–H groups in total. The molecule has 5 atom stereocenters. The highest BCUT2D eigenvalue weighted by molar-refractivity contribution is 7.91. The maximum Gasteiger partial charge on any atom is 0.259 e. The van der Waals surface area contributed by atoms with E-state index in [1.165, 1.54) is 11.0 Å². The number of likely N-dealkylation sites (tertiary alicyclic amines) is 1. The van der Waals surface area contributed by atoms with Gasteiger partial charge in [0.1, 0.15) is 29.4 Å². The molecule has 238 valence electrons. The lowest BCUT2D eigenvalue weighted by molar-refractivity contribution is -0.144. The van der Waals surface area contributed by atoms with Crippen LogP contribution in [0.2, 0.25) is 0 Å². The van der Waals surface area contributed by atoms with Crippen molar-refractivity contribution in [3.63, 3.8) is 0 Å². The van der Waals surface area contributed by atoms with Crippen LogP contribution in [0.4, 0.5) is 0 Å². The van der Waals surface area contributed by atoms with Gasteiger partial charge in [-0.15, -0.1) is 6.58 Å². The van der Waals surface area contributed by atoms with E-state index in [2.05, 4.69) is 27.3 Å². The summed E-state index contributed by atoms with van der Waals surface area (Å²) in [5, 5.41) is 16.4. The third kappa shape index (κ3) is 5.64. The zero-order valence-corrected chi connectivity index (χ0v) is 25.9. The Bertz CT molecular complexity index is 1640. The second-order valence-corrected chi connectivity index (χ2v) is 14.5. The number of rotatable bonds is 11. The summed E-state index contributed by atoms with van der Waals surface area (Å²) in [6.45, 7) is 7.25. The first kappa shape index (κ1) is 30.9. The van der Waals surface area contributed by atoms with Gasteiger partial charge in [0, 0.05) is 23.5 Å². The highest BCUT2D eigenvalue weighted by atomic mass is 32.2. The van der Waals surface area contributed by atoms with Crippen molar-refractivity contribution >= 4 is 33.5 Å². The molecule has 0 spiro atoms. The van der Waals surface area contributed by atoms with Crippen molar-refractivity contribution in [3.8, 4) is 11.1 Å². The summed E-state index contributed by atoms with van der Waals surface area (Å²) >= 11 is 0. The Hall–Kier alpha value is -4.07. The highest BCUT2D eigenvalue weighted by Crippen LogP contribution is 2.45. The fourth-order valence-electron chi connectivity index (χ4n) is 6.27. The molecule has 12 nitrogen and oxygen atoms in total. The molecule has 1 aliphatic heterocycles. The van der Waals surface area contributed by atoms with Gasteiger partial charge in [-0.1, -0.05) is 73.6 Å². The van der Waals surface area contributed by atoms with Gasteiger partial charge in [0.05, 0.1) is 11.8 Å². The predicted molar refractivity (Wildman–Crippen MR) is 165 cm³/mol. The van der Waals surface area contributed by atoms with Crippen molar-refractivity contribution in [2.75, 3.05) is 6.54 Å². The van der Waals surface area contributed by atoms with Crippen LogP contribution in [0.15, 0.2) is 66.3 Å². The van der Waals surface area contributed by atoms with Crippen LogP contribution >= 0.6 is 0 Å². The van der Waals surface area contributed by atoms with E-state index in [1.807, 2.05) is 48.5 Å². The van der Waals surface area contributed by atoms with E-state index in [0.717, 1.165) is 22.3 Å². The van der Waals surface area contributed by atoms with Crippen LogP contribution in [0.1, 0.15) is 50.7 Å². The zero-order valence-electron chi connectivity index (χ0n) is 25.1. The first-order valence-electron chi connectivity index (χ1n) is 15.1. The van der Waals surface area contributed by atoms with Gasteiger partial charge in [0.25, 0.3) is 5.91 Å². The van der Waals surface area contributed by atoms with E-state index in [0.29, 0.717) is 18.6 Å². The van der Waals surface area contributed by atoms with E-state index in [1.54, 1.807) is 13.8 Å². The molecule has 13 heteroatoms. The maximum absolute atomic E-state index is 13.9. The molecule has 4 aliphatic rings. The number of nitrogens with zero attached hydrogens (tertiary/aromatic N) is 2. The van der Waals surface area contributed by atoms with Crippen LogP contribution in [-0.4, -0.2) is 77.5 Å². The molecule has 3 fully saturated rings. The molecule has 3 amide bonds. The molecule has 2 saturated carbocycles. The number of oxime groups is 1. The minimum atomic E-state index is -3.85. The number of nitrogens with one attached hydrogen (secondary N) is 3. The monoisotopic (exact) mass is 635 g/mol. The Labute approximate surface area is 261 Å². The van der Waals surface area contributed by atoms with Gasteiger partial charge in [0.2, 0.25) is 21.8 Å². The van der Waals surface area contributed by atoms with Gasteiger partial charge in [0.15, 0.2) is 0 Å². The molecule has 2 aromatic rings. The molecule has 0 aromatic heterocycles. The van der Waals surface area contributed by atoms with Crippen LogP contribution in [0.5, 0.6) is 0 Å². The van der Waals surface area contributed by atoms with Crippen LogP contribution in [0.3, 0.4) is 0 Å². The van der Waals surface area contributed by atoms with Gasteiger partial charge in [-0.25, -0.2) is 8.42 Å². The summed E-state index contributed by atoms with van der Waals surface area (Å²) in [5.74, 6) is -2.77. The summed E-state index contributed by atoms with van der Waals surface area (Å²) in [6, 6.07) is 13.6. The zero-order chi connectivity index (χ0) is 32.1. The number of hydrogen-bond donors (Lipinski definition) is 4. The predicted octanol–water partition coefficient (Wildman–Crippen LogP) is 2.08. The second kappa shape index (κ2) is 11.7. The van der Waals surface area contributed by atoms with Crippen LogP contribution in [0, 0.1) is 11.8 Å². The normalized spacial score (nSPS) is 25.6. The van der Waals surface area contributed by atoms with Gasteiger partial charge >= 0.3 is 0 Å². The van der Waals surface area contributed by atoms with E-state index < -0.39 is 62.6 Å². The maximum atomic E-state index is 13.9. The summed E-state index contributed by atoms with van der Waals surface area (Å²) < 4.78 is 27.2. The second-order valence-electron chi connectivity index (χ2n) is 12.5. The van der Waals surface area contributed by atoms with E-state index in [9.17, 15) is 28.0 Å². The van der Waals surface area contributed by atoms with Crippen molar-refractivity contribution in [1.29, 1.82) is 0 Å². The molecule has 6 rings (SSSR count). The first-order valence-corrected chi connectivity index (χ1v) is 16.7. The van der Waals surface area contributed by atoms with Gasteiger partial charge in [-0.2, -0.15) is 5.48 Å². The van der Waals surface area contributed by atoms with E-state index in [-0.39, 0.29) is 25.3 Å². The van der Waals surface area contributed by atoms with Gasteiger partial charge < -0.3 is 20.3 Å². The summed E-state index contributed by atoms with van der Waals surface area (Å²) in [7, 11) is -3.85. The fourth-order valence-corrected chi connectivity index (χ4v) is 7.64. The number of hydroxylamine groups is 1. The molecular weight excluding hydrogens is 598 g/mol. The van der Waals surface area contributed by atoms with Crippen molar-refractivity contribution in [3.05, 3.63) is 72.3 Å². The molecule has 1 heterocycles. The lowest BCUT2D eigenvalue weighted by Crippen LogP contribution is -2.58. The number of carbonyl (C=O) groups is 3. The van der Waals surface area contributed by atoms with Crippen molar-refractivity contribution in [1.82, 2.24) is 20.4 Å². The smallest absolute Gasteiger partial charge is 0.259 e. The number of carbonyl (C=O) groups excluding carboxylic acids is 3. The molecule has 0 bridgehead atoms. The average Bonchev–Trinajstić information content (AvgIpc) is 3.92. The molecular formula is C32H37N5O7S. The third-order valence-electron chi connectivity index (χ3n) is 9.12. The number of hydrogen-bond acceptors (Lipinski definition) is 9. The number of fused-ring (bicyclic) bond motifs is 3. The van der Waals surface area contributed by atoms with Crippen LogP contribution < -0.4 is 15.5 Å². The average molecular weight is 636 g/mol. The summed E-state index contributed by atoms with van der Waals surface area (Å²) in [5.41, 5.74) is 5.05. The molecule has 45 heavy (non-hydrogen) atoms. The highest BCUT2D eigenvalue weighted by Gasteiger charge is 2.62. The quantitative estimate of drug-likeness (QED) is 0.184. The van der Waals surface area contributed by atoms with Crippen molar-refractivity contribution < 1.29 is 32.8 Å². The van der Waals surface area contributed by atoms with Crippen molar-refractivity contribution in [2.45, 2.75) is 68.5 Å². The minimum absolute atomic E-state index is 0.00202. The summed E-state index contributed by atoms with van der Waals surface area (Å²) in [6.07, 6.45) is 2.01. The molecule has 2 aromatic carbocycles. The largest absolute Gasteiger partial charge is 0.390 e.